The maximum Gasteiger partial charge on any atom is 0.191 e. The zero-order chi connectivity index (χ0) is 19.5. The summed E-state index contributed by atoms with van der Waals surface area (Å²) in [6.07, 6.45) is 0.857. The van der Waals surface area contributed by atoms with E-state index >= 15 is 0 Å². The number of ether oxygens (including phenoxy) is 2. The summed E-state index contributed by atoms with van der Waals surface area (Å²) in [6, 6.07) is 13.1. The van der Waals surface area contributed by atoms with Gasteiger partial charge >= 0.3 is 0 Å². The van der Waals surface area contributed by atoms with Crippen molar-refractivity contribution in [3.05, 3.63) is 65.0 Å². The molecule has 0 saturated heterocycles. The molecule has 0 aromatic heterocycles. The maximum atomic E-state index is 13.6. The number of hydrogen-bond donors (Lipinski definition) is 2. The Bertz CT molecular complexity index is 739. The summed E-state index contributed by atoms with van der Waals surface area (Å²) in [7, 11) is 3.37. The molecule has 0 atom stereocenters. The molecule has 0 amide bonds. The number of nitrogens with one attached hydrogen (secondary N) is 2. The smallest absolute Gasteiger partial charge is 0.191 e. The van der Waals surface area contributed by atoms with Gasteiger partial charge < -0.3 is 20.1 Å². The number of methoxy groups -OCH3 is 1. The van der Waals surface area contributed by atoms with Crippen LogP contribution in [-0.4, -0.2) is 33.3 Å². The summed E-state index contributed by atoms with van der Waals surface area (Å²) in [5.74, 6) is 1.34. The summed E-state index contributed by atoms with van der Waals surface area (Å²) in [4.78, 5) is 4.17. The zero-order valence-corrected chi connectivity index (χ0v) is 19.0. The Labute approximate surface area is 183 Å². The largest absolute Gasteiger partial charge is 0.497 e. The van der Waals surface area contributed by atoms with E-state index in [9.17, 15) is 4.39 Å². The Balaban J connectivity index is 0.00000392. The van der Waals surface area contributed by atoms with Gasteiger partial charge in [0.05, 0.1) is 13.7 Å². The van der Waals surface area contributed by atoms with Gasteiger partial charge in [-0.05, 0) is 48.2 Å². The first-order chi connectivity index (χ1) is 13.1. The van der Waals surface area contributed by atoms with Crippen molar-refractivity contribution in [2.45, 2.75) is 26.5 Å². The minimum absolute atomic E-state index is 0. The van der Waals surface area contributed by atoms with Crippen LogP contribution in [0.5, 0.6) is 5.75 Å². The first-order valence-corrected chi connectivity index (χ1v) is 9.02. The Hall–Kier alpha value is -1.87. The van der Waals surface area contributed by atoms with Crippen LogP contribution in [0.25, 0.3) is 0 Å². The van der Waals surface area contributed by atoms with Gasteiger partial charge in [-0.2, -0.15) is 0 Å². The van der Waals surface area contributed by atoms with E-state index in [0.717, 1.165) is 29.8 Å². The molecule has 0 aliphatic rings. The maximum absolute atomic E-state index is 13.6. The second-order valence-corrected chi connectivity index (χ2v) is 6.19. The highest BCUT2D eigenvalue weighted by Gasteiger charge is 2.02. The van der Waals surface area contributed by atoms with E-state index in [4.69, 9.17) is 9.47 Å². The monoisotopic (exact) mass is 501 g/mol. The number of aryl methyl sites for hydroxylation is 1. The quantitative estimate of drug-likeness (QED) is 0.236. The van der Waals surface area contributed by atoms with Crippen molar-refractivity contribution in [3.63, 3.8) is 0 Å². The number of rotatable bonds is 9. The van der Waals surface area contributed by atoms with E-state index < -0.39 is 0 Å². The lowest BCUT2D eigenvalue weighted by Gasteiger charge is -2.12. The molecule has 28 heavy (non-hydrogen) atoms. The Kier molecular flexibility index (Phi) is 11.5. The van der Waals surface area contributed by atoms with Gasteiger partial charge in [0, 0.05) is 26.7 Å². The van der Waals surface area contributed by atoms with Crippen LogP contribution in [0.15, 0.2) is 47.5 Å². The lowest BCUT2D eigenvalue weighted by molar-refractivity contribution is 0.119. The van der Waals surface area contributed by atoms with Crippen molar-refractivity contribution in [1.29, 1.82) is 0 Å². The summed E-state index contributed by atoms with van der Waals surface area (Å²) in [5, 5.41) is 6.41. The highest BCUT2D eigenvalue weighted by molar-refractivity contribution is 14.0. The summed E-state index contributed by atoms with van der Waals surface area (Å²) >= 11 is 0. The molecular weight excluding hydrogens is 472 g/mol. The number of guanidine groups is 1. The van der Waals surface area contributed by atoms with Crippen molar-refractivity contribution in [2.24, 2.45) is 4.99 Å². The fraction of sp³-hybridized carbons (Fsp3) is 0.381. The molecule has 0 heterocycles. The van der Waals surface area contributed by atoms with E-state index in [0.29, 0.717) is 31.3 Å². The number of aliphatic imine (C=N–C) groups is 1. The Morgan fingerprint density at radius 3 is 2.43 bits per heavy atom. The van der Waals surface area contributed by atoms with E-state index in [1.54, 1.807) is 33.2 Å². The van der Waals surface area contributed by atoms with E-state index in [2.05, 4.69) is 15.6 Å². The van der Waals surface area contributed by atoms with Crippen molar-refractivity contribution in [3.8, 4) is 5.75 Å². The predicted octanol–water partition coefficient (Wildman–Crippen LogP) is 4.03. The lowest BCUT2D eigenvalue weighted by atomic mass is 10.1. The molecule has 7 heteroatoms. The fourth-order valence-corrected chi connectivity index (χ4v) is 2.45. The minimum Gasteiger partial charge on any atom is -0.497 e. The van der Waals surface area contributed by atoms with Crippen LogP contribution < -0.4 is 15.4 Å². The van der Waals surface area contributed by atoms with Gasteiger partial charge in [-0.1, -0.05) is 24.3 Å². The van der Waals surface area contributed by atoms with Crippen LogP contribution in [0.4, 0.5) is 4.39 Å². The second-order valence-electron chi connectivity index (χ2n) is 6.19. The number of benzene rings is 2. The van der Waals surface area contributed by atoms with Crippen LogP contribution in [0.3, 0.4) is 0 Å². The van der Waals surface area contributed by atoms with Gasteiger partial charge in [-0.3, -0.25) is 4.99 Å². The topological polar surface area (TPSA) is 54.9 Å². The SMILES string of the molecule is CN=C(NCCCOCc1ccc(OC)cc1)NCc1ccc(C)c(F)c1.I. The van der Waals surface area contributed by atoms with Crippen molar-refractivity contribution in [1.82, 2.24) is 10.6 Å². The molecule has 0 fully saturated rings. The molecule has 0 spiro atoms. The Morgan fingerprint density at radius 2 is 1.79 bits per heavy atom. The molecule has 0 aliphatic carbocycles. The van der Waals surface area contributed by atoms with Crippen LogP contribution in [0, 0.1) is 12.7 Å². The normalized spacial score (nSPS) is 10.9. The van der Waals surface area contributed by atoms with E-state index in [1.807, 2.05) is 30.3 Å². The first-order valence-electron chi connectivity index (χ1n) is 9.02. The van der Waals surface area contributed by atoms with Crippen molar-refractivity contribution >= 4 is 29.9 Å². The third-order valence-corrected chi connectivity index (χ3v) is 4.11. The van der Waals surface area contributed by atoms with Crippen LogP contribution >= 0.6 is 24.0 Å². The highest BCUT2D eigenvalue weighted by Crippen LogP contribution is 2.12. The molecule has 154 valence electrons. The van der Waals surface area contributed by atoms with Gasteiger partial charge in [0.25, 0.3) is 0 Å². The molecule has 0 unspecified atom stereocenters. The second kappa shape index (κ2) is 13.3. The number of hydrogen-bond acceptors (Lipinski definition) is 3. The van der Waals surface area contributed by atoms with Crippen LogP contribution in [0.2, 0.25) is 0 Å². The summed E-state index contributed by atoms with van der Waals surface area (Å²) < 4.78 is 24.4. The van der Waals surface area contributed by atoms with Gasteiger partial charge in [0.1, 0.15) is 11.6 Å². The molecule has 2 aromatic rings. The van der Waals surface area contributed by atoms with Gasteiger partial charge in [0.2, 0.25) is 0 Å². The zero-order valence-electron chi connectivity index (χ0n) is 16.6. The molecule has 0 bridgehead atoms. The number of nitrogens with zero attached hydrogens (tertiary/aromatic N) is 1. The van der Waals surface area contributed by atoms with Gasteiger partial charge in [-0.25, -0.2) is 4.39 Å². The van der Waals surface area contributed by atoms with Crippen molar-refractivity contribution < 1.29 is 13.9 Å². The van der Waals surface area contributed by atoms with Crippen LogP contribution in [0.1, 0.15) is 23.1 Å². The summed E-state index contributed by atoms with van der Waals surface area (Å²) in [5.41, 5.74) is 2.64. The van der Waals surface area contributed by atoms with Gasteiger partial charge in [-0.15, -0.1) is 24.0 Å². The molecule has 5 nitrogen and oxygen atoms in total. The van der Waals surface area contributed by atoms with Crippen LogP contribution in [-0.2, 0) is 17.9 Å². The lowest BCUT2D eigenvalue weighted by Crippen LogP contribution is -2.37. The summed E-state index contributed by atoms with van der Waals surface area (Å²) in [6.45, 7) is 4.24. The van der Waals surface area contributed by atoms with Gasteiger partial charge in [0.15, 0.2) is 5.96 Å². The van der Waals surface area contributed by atoms with E-state index in [1.165, 1.54) is 0 Å². The molecule has 2 aromatic carbocycles. The van der Waals surface area contributed by atoms with E-state index in [-0.39, 0.29) is 29.8 Å². The standard InChI is InChI=1S/C21H28FN3O2.HI/c1-16-5-6-18(13-20(16)22)14-25-21(23-2)24-11-4-12-27-15-17-7-9-19(26-3)10-8-17;/h5-10,13H,4,11-12,14-15H2,1-3H3,(H2,23,24,25);1H. The average molecular weight is 501 g/mol. The third kappa shape index (κ3) is 8.43. The molecule has 2 N–H and O–H groups in total. The molecule has 2 rings (SSSR count). The average Bonchev–Trinajstić information content (AvgIpc) is 2.69. The van der Waals surface area contributed by atoms with Crippen molar-refractivity contribution in [2.75, 3.05) is 27.3 Å². The predicted molar refractivity (Wildman–Crippen MR) is 122 cm³/mol. The molecule has 0 radical (unpaired) electrons. The number of halogens is 2. The third-order valence-electron chi connectivity index (χ3n) is 4.11. The molecular formula is C21H29FIN3O2. The molecule has 0 saturated carbocycles. The fourth-order valence-electron chi connectivity index (χ4n) is 2.45. The Morgan fingerprint density at radius 1 is 1.07 bits per heavy atom. The highest BCUT2D eigenvalue weighted by atomic mass is 127. The molecule has 0 aliphatic heterocycles. The minimum atomic E-state index is -0.189. The first kappa shape index (κ1) is 24.2.